The number of nitrogens with zero attached hydrogens (tertiary/aromatic N) is 1. The first-order valence-electron chi connectivity index (χ1n) is 11.4. The molecule has 0 saturated heterocycles. The summed E-state index contributed by atoms with van der Waals surface area (Å²) in [5, 5.41) is 19.1. The van der Waals surface area contributed by atoms with Crippen molar-refractivity contribution < 1.29 is 29.3 Å². The van der Waals surface area contributed by atoms with Crippen LogP contribution < -0.4 is 9.47 Å². The second kappa shape index (κ2) is 9.84. The SMILES string of the molecule is O=C(O)c1cc(-c2ccc(CN(Cc3ccccc3)C(=O)c3ccc4c(c3)OCO4)cc2)ccc1O. The fourth-order valence-corrected chi connectivity index (χ4v) is 4.13. The zero-order chi connectivity index (χ0) is 25.1. The molecule has 1 aliphatic heterocycles. The number of fused-ring (bicyclic) bond motifs is 1. The summed E-state index contributed by atoms with van der Waals surface area (Å²) in [6.45, 7) is 0.941. The Bertz CT molecular complexity index is 1420. The number of benzene rings is 4. The van der Waals surface area contributed by atoms with Crippen LogP contribution in [0.15, 0.2) is 91.0 Å². The second-order valence-corrected chi connectivity index (χ2v) is 8.45. The molecular weight excluding hydrogens is 458 g/mol. The van der Waals surface area contributed by atoms with Crippen molar-refractivity contribution >= 4 is 11.9 Å². The smallest absolute Gasteiger partial charge is 0.339 e. The number of hydrogen-bond acceptors (Lipinski definition) is 5. The van der Waals surface area contributed by atoms with Gasteiger partial charge in [-0.1, -0.05) is 60.7 Å². The highest BCUT2D eigenvalue weighted by molar-refractivity contribution is 5.95. The Balaban J connectivity index is 1.40. The van der Waals surface area contributed by atoms with Crippen LogP contribution in [0.2, 0.25) is 0 Å². The third-order valence-corrected chi connectivity index (χ3v) is 6.01. The minimum atomic E-state index is -1.19. The number of carbonyl (C=O) groups excluding carboxylic acids is 1. The van der Waals surface area contributed by atoms with E-state index in [1.165, 1.54) is 12.1 Å². The van der Waals surface area contributed by atoms with E-state index < -0.39 is 5.97 Å². The van der Waals surface area contributed by atoms with Crippen LogP contribution in [0.1, 0.15) is 31.8 Å². The van der Waals surface area contributed by atoms with E-state index in [0.717, 1.165) is 16.7 Å². The first-order chi connectivity index (χ1) is 17.5. The van der Waals surface area contributed by atoms with Gasteiger partial charge in [-0.05, 0) is 52.6 Å². The normalized spacial score (nSPS) is 11.8. The lowest BCUT2D eigenvalue weighted by atomic mass is 10.0. The summed E-state index contributed by atoms with van der Waals surface area (Å²) in [6, 6.07) is 27.0. The van der Waals surface area contributed by atoms with Gasteiger partial charge in [0, 0.05) is 18.7 Å². The van der Waals surface area contributed by atoms with Crippen molar-refractivity contribution in [2.75, 3.05) is 6.79 Å². The van der Waals surface area contributed by atoms with Crippen molar-refractivity contribution in [1.29, 1.82) is 0 Å². The molecule has 5 rings (SSSR count). The molecular formula is C29H23NO6. The van der Waals surface area contributed by atoms with Gasteiger partial charge in [-0.3, -0.25) is 4.79 Å². The maximum Gasteiger partial charge on any atom is 0.339 e. The molecule has 4 aromatic rings. The van der Waals surface area contributed by atoms with E-state index in [9.17, 15) is 19.8 Å². The van der Waals surface area contributed by atoms with Gasteiger partial charge in [0.1, 0.15) is 11.3 Å². The van der Waals surface area contributed by atoms with E-state index in [1.807, 2.05) is 54.6 Å². The minimum Gasteiger partial charge on any atom is -0.507 e. The van der Waals surface area contributed by atoms with E-state index >= 15 is 0 Å². The average Bonchev–Trinajstić information content (AvgIpc) is 3.37. The molecule has 1 aliphatic rings. The number of carbonyl (C=O) groups is 2. The highest BCUT2D eigenvalue weighted by Gasteiger charge is 2.21. The number of aromatic carboxylic acids is 1. The second-order valence-electron chi connectivity index (χ2n) is 8.45. The van der Waals surface area contributed by atoms with Crippen molar-refractivity contribution in [2.24, 2.45) is 0 Å². The number of amides is 1. The number of phenols is 1. The molecule has 0 aromatic heterocycles. The summed E-state index contributed by atoms with van der Waals surface area (Å²) in [5.74, 6) is -0.423. The van der Waals surface area contributed by atoms with Crippen LogP contribution in [0.3, 0.4) is 0 Å². The van der Waals surface area contributed by atoms with Crippen LogP contribution in [0.4, 0.5) is 0 Å². The summed E-state index contributed by atoms with van der Waals surface area (Å²) < 4.78 is 10.8. The lowest BCUT2D eigenvalue weighted by molar-refractivity contribution is 0.0692. The summed E-state index contributed by atoms with van der Waals surface area (Å²) in [4.78, 5) is 26.7. The van der Waals surface area contributed by atoms with Crippen LogP contribution in [-0.4, -0.2) is 33.8 Å². The molecule has 0 unspecified atom stereocenters. The number of rotatable bonds is 7. The number of ether oxygens (including phenoxy) is 2. The van der Waals surface area contributed by atoms with Crippen LogP contribution in [0.25, 0.3) is 11.1 Å². The quantitative estimate of drug-likeness (QED) is 0.371. The van der Waals surface area contributed by atoms with E-state index in [4.69, 9.17) is 9.47 Å². The molecule has 0 fully saturated rings. The molecule has 0 aliphatic carbocycles. The first kappa shape index (κ1) is 23.0. The van der Waals surface area contributed by atoms with Crippen molar-refractivity contribution in [3.05, 3.63) is 113 Å². The van der Waals surface area contributed by atoms with Crippen LogP contribution >= 0.6 is 0 Å². The van der Waals surface area contributed by atoms with Gasteiger partial charge in [-0.2, -0.15) is 0 Å². The maximum absolute atomic E-state index is 13.5. The van der Waals surface area contributed by atoms with E-state index in [0.29, 0.717) is 35.7 Å². The van der Waals surface area contributed by atoms with Gasteiger partial charge in [0.05, 0.1) is 0 Å². The molecule has 0 radical (unpaired) electrons. The van der Waals surface area contributed by atoms with Gasteiger partial charge in [0.2, 0.25) is 6.79 Å². The van der Waals surface area contributed by atoms with E-state index in [-0.39, 0.29) is 24.0 Å². The van der Waals surface area contributed by atoms with Gasteiger partial charge in [-0.15, -0.1) is 0 Å². The topological polar surface area (TPSA) is 96.3 Å². The van der Waals surface area contributed by atoms with Crippen molar-refractivity contribution in [3.8, 4) is 28.4 Å². The van der Waals surface area contributed by atoms with Crippen molar-refractivity contribution in [3.63, 3.8) is 0 Å². The van der Waals surface area contributed by atoms with Gasteiger partial charge in [-0.25, -0.2) is 4.79 Å². The maximum atomic E-state index is 13.5. The number of hydrogen-bond donors (Lipinski definition) is 2. The van der Waals surface area contributed by atoms with Crippen LogP contribution in [-0.2, 0) is 13.1 Å². The summed E-state index contributed by atoms with van der Waals surface area (Å²) in [5.41, 5.74) is 3.76. The average molecular weight is 482 g/mol. The summed E-state index contributed by atoms with van der Waals surface area (Å²) in [6.07, 6.45) is 0. The predicted octanol–water partition coefficient (Wildman–Crippen LogP) is 5.33. The number of aromatic hydroxyl groups is 1. The monoisotopic (exact) mass is 481 g/mol. The molecule has 0 spiro atoms. The highest BCUT2D eigenvalue weighted by Crippen LogP contribution is 2.33. The standard InChI is InChI=1S/C29H23NO6/c31-25-12-10-22(14-24(25)29(33)34)21-8-6-20(7-9-21)17-30(16-19-4-2-1-3-5-19)28(32)23-11-13-26-27(15-23)36-18-35-26/h1-15,31H,16-18H2,(H,33,34). The predicted molar refractivity (Wildman–Crippen MR) is 133 cm³/mol. The van der Waals surface area contributed by atoms with E-state index in [2.05, 4.69) is 0 Å². The number of carboxylic acid groups (broad SMARTS) is 1. The molecule has 0 atom stereocenters. The fourth-order valence-electron chi connectivity index (χ4n) is 4.13. The van der Waals surface area contributed by atoms with Gasteiger partial charge in [0.15, 0.2) is 11.5 Å². The lowest BCUT2D eigenvalue weighted by Gasteiger charge is -2.23. The first-order valence-corrected chi connectivity index (χ1v) is 11.4. The Kier molecular flexibility index (Phi) is 6.28. The molecule has 0 bridgehead atoms. The number of carboxylic acids is 1. The van der Waals surface area contributed by atoms with Gasteiger partial charge in [0.25, 0.3) is 5.91 Å². The molecule has 36 heavy (non-hydrogen) atoms. The fraction of sp³-hybridized carbons (Fsp3) is 0.103. The Labute approximate surface area is 207 Å². The Hall–Kier alpha value is -4.78. The molecule has 7 nitrogen and oxygen atoms in total. The zero-order valence-electron chi connectivity index (χ0n) is 19.3. The molecule has 0 saturated carbocycles. The van der Waals surface area contributed by atoms with Gasteiger partial charge >= 0.3 is 5.97 Å². The molecule has 4 aromatic carbocycles. The Morgan fingerprint density at radius 3 is 2.14 bits per heavy atom. The Morgan fingerprint density at radius 1 is 0.750 bits per heavy atom. The van der Waals surface area contributed by atoms with Crippen molar-refractivity contribution in [1.82, 2.24) is 4.90 Å². The van der Waals surface area contributed by atoms with Crippen LogP contribution in [0.5, 0.6) is 17.2 Å². The van der Waals surface area contributed by atoms with Gasteiger partial charge < -0.3 is 24.6 Å². The lowest BCUT2D eigenvalue weighted by Crippen LogP contribution is -2.30. The molecule has 1 heterocycles. The zero-order valence-corrected chi connectivity index (χ0v) is 19.3. The molecule has 1 amide bonds. The van der Waals surface area contributed by atoms with Crippen molar-refractivity contribution in [2.45, 2.75) is 13.1 Å². The summed E-state index contributed by atoms with van der Waals surface area (Å²) in [7, 11) is 0. The Morgan fingerprint density at radius 2 is 1.42 bits per heavy atom. The largest absolute Gasteiger partial charge is 0.507 e. The molecule has 2 N–H and O–H groups in total. The summed E-state index contributed by atoms with van der Waals surface area (Å²) >= 11 is 0. The molecule has 7 heteroatoms. The molecule has 180 valence electrons. The minimum absolute atomic E-state index is 0.133. The third-order valence-electron chi connectivity index (χ3n) is 6.01. The van der Waals surface area contributed by atoms with E-state index in [1.54, 1.807) is 29.2 Å². The highest BCUT2D eigenvalue weighted by atomic mass is 16.7. The van der Waals surface area contributed by atoms with Crippen LogP contribution in [0, 0.1) is 0 Å². The third kappa shape index (κ3) is 4.86.